The second kappa shape index (κ2) is 18.9. The van der Waals surface area contributed by atoms with Gasteiger partial charge < -0.3 is 24.5 Å². The average molecular weight is 788 g/mol. The van der Waals surface area contributed by atoms with Crippen molar-refractivity contribution in [2.24, 2.45) is 5.41 Å². The number of carbonyl (C=O) groups excluding carboxylic acids is 4. The Morgan fingerprint density at radius 2 is 1.59 bits per heavy atom. The lowest BCUT2D eigenvalue weighted by Crippen LogP contribution is -2.63. The maximum absolute atomic E-state index is 13.7. The van der Waals surface area contributed by atoms with Crippen molar-refractivity contribution in [2.45, 2.75) is 114 Å². The molecule has 2 atom stereocenters. The number of hydrogen-bond donors (Lipinski definition) is 4. The number of unbranched alkanes of at least 4 members (excludes halogenated alkanes) is 7. The highest BCUT2D eigenvalue weighted by atomic mass is 31.2. The first-order valence-corrected chi connectivity index (χ1v) is 19.5. The molecule has 5 fully saturated rings. The molecule has 4 N–H and O–H groups in total. The van der Waals surface area contributed by atoms with Gasteiger partial charge in [0.15, 0.2) is 0 Å². The molecule has 0 aromatic heterocycles. The van der Waals surface area contributed by atoms with Crippen molar-refractivity contribution < 1.29 is 82.0 Å². The van der Waals surface area contributed by atoms with Gasteiger partial charge in [0.1, 0.15) is 6.04 Å². The molecule has 0 amide bonds. The number of carboxylic acids is 1. The van der Waals surface area contributed by atoms with Crippen molar-refractivity contribution in [3.63, 3.8) is 0 Å². The second-order valence-corrected chi connectivity index (χ2v) is 15.4. The Bertz CT molecular complexity index is 1500. The summed E-state index contributed by atoms with van der Waals surface area (Å²) in [6, 6.07) is 8.42. The number of benzene rings is 1. The number of nitrogens with one attached hydrogen (secondary N) is 2. The van der Waals surface area contributed by atoms with Crippen molar-refractivity contribution in [1.82, 2.24) is 16.2 Å². The predicted octanol–water partition coefficient (Wildman–Crippen LogP) is 3.51. The van der Waals surface area contributed by atoms with Gasteiger partial charge in [-0.2, -0.15) is 15.3 Å². The number of hydrogen-bond acceptors (Lipinski definition) is 19. The van der Waals surface area contributed by atoms with E-state index in [9.17, 15) is 33.8 Å². The molecule has 0 saturated carbocycles. The Kier molecular flexibility index (Phi) is 14.5. The van der Waals surface area contributed by atoms with E-state index in [1.165, 1.54) is 5.56 Å². The Labute approximate surface area is 310 Å². The van der Waals surface area contributed by atoms with Crippen molar-refractivity contribution >= 4 is 37.4 Å². The van der Waals surface area contributed by atoms with Crippen LogP contribution in [0.15, 0.2) is 30.3 Å². The smallest absolute Gasteiger partial charge is 0.403 e. The molecule has 0 aliphatic carbocycles. The van der Waals surface area contributed by atoms with Crippen LogP contribution in [0.1, 0.15) is 95.5 Å². The number of carbonyl (C=O) groups is 5. The van der Waals surface area contributed by atoms with Crippen LogP contribution < -0.4 is 11.0 Å². The van der Waals surface area contributed by atoms with Gasteiger partial charge in [-0.3, -0.25) is 32.8 Å². The highest BCUT2D eigenvalue weighted by molar-refractivity contribution is 7.68. The number of carboxylic acid groups (broad SMARTS) is 1. The third kappa shape index (κ3) is 10.4. The molecular formula is C33H46N3O17P. The van der Waals surface area contributed by atoms with Gasteiger partial charge in [-0.05, 0) is 37.7 Å². The van der Waals surface area contributed by atoms with Gasteiger partial charge in [-0.1, -0.05) is 68.9 Å². The molecule has 2 unspecified atom stereocenters. The summed E-state index contributed by atoms with van der Waals surface area (Å²) >= 11 is 0. The predicted molar refractivity (Wildman–Crippen MR) is 177 cm³/mol. The summed E-state index contributed by atoms with van der Waals surface area (Å²) in [7, 11) is -3.94. The SMILES string of the molecule is O=C(O)CCC(=O)ONC(CC12CC(=O)ON(CCCNOC1=O)OC(=O)C2)C(OO)(OOCCCCCCCCCCc1ccccc1)C12OP1(=O)O2. The fraction of sp³-hybridized carbons (Fsp3) is 0.667. The molecular weight excluding hydrogens is 741 g/mol. The summed E-state index contributed by atoms with van der Waals surface area (Å²) in [5.74, 6) is -8.52. The summed E-state index contributed by atoms with van der Waals surface area (Å²) in [6.45, 7) is -0.0846. The topological polar surface area (TPSA) is 260 Å². The van der Waals surface area contributed by atoms with Crippen LogP contribution in [0.5, 0.6) is 0 Å². The van der Waals surface area contributed by atoms with Gasteiger partial charge >= 0.3 is 48.8 Å². The van der Waals surface area contributed by atoms with Crippen molar-refractivity contribution in [3.05, 3.63) is 35.9 Å². The third-order valence-corrected chi connectivity index (χ3v) is 11.2. The van der Waals surface area contributed by atoms with E-state index in [4.69, 9.17) is 48.2 Å². The van der Waals surface area contributed by atoms with E-state index in [0.29, 0.717) is 11.6 Å². The lowest BCUT2D eigenvalue weighted by Gasteiger charge is -2.39. The molecule has 5 saturated heterocycles. The summed E-state index contributed by atoms with van der Waals surface area (Å²) in [4.78, 5) is 99.5. The monoisotopic (exact) mass is 787 g/mol. The molecule has 21 heteroatoms. The number of fused-ring (bicyclic) bond motifs is 10. The standard InChI is InChI=1S/C33H46N3O17P/c37-26(38)16-17-27(39)46-35-25(21-31-22-28(40)48-36(49-29(41)23-31)19-12-18-34-47-30(31)42)32(50-43,33-52-54(33,44)53-33)51-45-20-11-6-4-2-1-3-5-8-13-24-14-9-7-10-15-24/h7,9-10,14-15,25,34-35,43H,1-6,8,11-13,16-23H2,(H,37,38). The first-order chi connectivity index (χ1) is 26.0. The van der Waals surface area contributed by atoms with Crippen LogP contribution in [0, 0.1) is 5.41 Å². The van der Waals surface area contributed by atoms with Crippen LogP contribution in [-0.2, 0) is 78.0 Å². The van der Waals surface area contributed by atoms with Crippen LogP contribution in [-0.4, -0.2) is 82.5 Å². The lowest BCUT2D eigenvalue weighted by atomic mass is 9.74. The van der Waals surface area contributed by atoms with E-state index < -0.39 is 92.3 Å². The van der Waals surface area contributed by atoms with Crippen molar-refractivity contribution in [3.8, 4) is 0 Å². The molecule has 0 radical (unpaired) electrons. The van der Waals surface area contributed by atoms with E-state index in [2.05, 4.69) is 23.1 Å². The van der Waals surface area contributed by atoms with Crippen LogP contribution >= 0.6 is 7.60 Å². The minimum atomic E-state index is -3.94. The third-order valence-electron chi connectivity index (χ3n) is 9.33. The van der Waals surface area contributed by atoms with Crippen LogP contribution in [0.4, 0.5) is 0 Å². The largest absolute Gasteiger partial charge is 0.481 e. The Morgan fingerprint density at radius 1 is 0.963 bits per heavy atom. The molecule has 1 aromatic rings. The number of nitrogens with zero attached hydrogens (tertiary/aromatic N) is 1. The molecule has 5 aliphatic heterocycles. The lowest BCUT2D eigenvalue weighted by molar-refractivity contribution is -0.530. The quantitative estimate of drug-likeness (QED) is 0.0309. The fourth-order valence-corrected chi connectivity index (χ4v) is 8.19. The van der Waals surface area contributed by atoms with E-state index >= 15 is 0 Å². The van der Waals surface area contributed by atoms with E-state index in [1.807, 2.05) is 18.2 Å². The Balaban J connectivity index is 1.25. The van der Waals surface area contributed by atoms with Crippen LogP contribution in [0.3, 0.4) is 0 Å². The minimum Gasteiger partial charge on any atom is -0.481 e. The summed E-state index contributed by atoms with van der Waals surface area (Å²) in [6.07, 6.45) is 5.05. The maximum atomic E-state index is 13.7. The maximum Gasteiger partial charge on any atom is 0.403 e. The zero-order chi connectivity index (χ0) is 38.7. The fourth-order valence-electron chi connectivity index (χ4n) is 6.34. The van der Waals surface area contributed by atoms with Gasteiger partial charge in [0.2, 0.25) is 0 Å². The van der Waals surface area contributed by atoms with Crippen molar-refractivity contribution in [1.29, 1.82) is 0 Å². The number of aryl methyl sites for hydroxylation is 1. The molecule has 300 valence electrons. The Hall–Kier alpha value is -3.56. The molecule has 5 aliphatic rings. The van der Waals surface area contributed by atoms with Gasteiger partial charge in [0.25, 0.3) is 0 Å². The minimum absolute atomic E-state index is 0.0552. The number of hydroxylamine groups is 4. The normalized spacial score (nSPS) is 27.9. The van der Waals surface area contributed by atoms with Gasteiger partial charge in [0.05, 0.1) is 44.2 Å². The average Bonchev–Trinajstić information content (AvgIpc) is 3.95. The summed E-state index contributed by atoms with van der Waals surface area (Å²) < 4.78 is 23.4. The van der Waals surface area contributed by atoms with Gasteiger partial charge in [0, 0.05) is 11.8 Å². The number of rotatable bonds is 23. The highest BCUT2D eigenvalue weighted by Crippen LogP contribution is 3.00. The summed E-state index contributed by atoms with van der Waals surface area (Å²) in [5, 5.41) is 20.1. The molecule has 54 heavy (non-hydrogen) atoms. The zero-order valence-electron chi connectivity index (χ0n) is 29.6. The molecule has 2 bridgehead atoms. The molecule has 1 aromatic carbocycles. The highest BCUT2D eigenvalue weighted by Gasteiger charge is 3.02. The van der Waals surface area contributed by atoms with E-state index in [-0.39, 0.29) is 26.1 Å². The van der Waals surface area contributed by atoms with Gasteiger partial charge in [-0.25, -0.2) is 14.9 Å². The van der Waals surface area contributed by atoms with Crippen LogP contribution in [0.2, 0.25) is 0 Å². The zero-order valence-corrected chi connectivity index (χ0v) is 30.5. The van der Waals surface area contributed by atoms with E-state index in [1.54, 1.807) is 0 Å². The Morgan fingerprint density at radius 3 is 2.20 bits per heavy atom. The first-order valence-electron chi connectivity index (χ1n) is 18.0. The molecule has 20 nitrogen and oxygen atoms in total. The van der Waals surface area contributed by atoms with Crippen LogP contribution in [0.25, 0.3) is 0 Å². The first kappa shape index (κ1) is 41.6. The molecule has 0 spiro atoms. The summed E-state index contributed by atoms with van der Waals surface area (Å²) in [5.41, 5.74) is 1.46. The van der Waals surface area contributed by atoms with Gasteiger partial charge in [-0.15, -0.1) is 5.48 Å². The van der Waals surface area contributed by atoms with Crippen molar-refractivity contribution in [2.75, 3.05) is 19.7 Å². The van der Waals surface area contributed by atoms with E-state index in [0.717, 1.165) is 51.4 Å². The number of aliphatic carboxylic acids is 1. The molecule has 6 rings (SSSR count). The molecule has 5 heterocycles. The second-order valence-electron chi connectivity index (χ2n) is 13.5.